The molecule has 1 fully saturated rings. The van der Waals surface area contributed by atoms with Gasteiger partial charge in [0.15, 0.2) is 0 Å². The number of thioether (sulfide) groups is 1. The van der Waals surface area contributed by atoms with Gasteiger partial charge in [0.2, 0.25) is 5.91 Å². The molecular formula is C7H8INOS. The fourth-order valence-electron chi connectivity index (χ4n) is 1.21. The number of rotatable bonds is 1. The summed E-state index contributed by atoms with van der Waals surface area (Å²) in [5.74, 6) is 1.39. The number of amides is 1. The zero-order valence-corrected chi connectivity index (χ0v) is 8.89. The molecule has 0 aromatic carbocycles. The van der Waals surface area contributed by atoms with Gasteiger partial charge in [0.25, 0.3) is 0 Å². The summed E-state index contributed by atoms with van der Waals surface area (Å²) in [6.45, 7) is 0. The summed E-state index contributed by atoms with van der Waals surface area (Å²) in [5.41, 5.74) is 1.37. The molecule has 0 saturated carbocycles. The van der Waals surface area contributed by atoms with E-state index >= 15 is 0 Å². The molecule has 2 heterocycles. The van der Waals surface area contributed by atoms with Gasteiger partial charge in [-0.1, -0.05) is 22.6 Å². The summed E-state index contributed by atoms with van der Waals surface area (Å²) < 4.78 is 1.04. The Labute approximate surface area is 83.5 Å². The number of halogens is 1. The van der Waals surface area contributed by atoms with Gasteiger partial charge in [0.1, 0.15) is 0 Å². The zero-order valence-electron chi connectivity index (χ0n) is 5.92. The van der Waals surface area contributed by atoms with Crippen LogP contribution in [-0.2, 0) is 4.79 Å². The van der Waals surface area contributed by atoms with Gasteiger partial charge < -0.3 is 4.90 Å². The zero-order chi connectivity index (χ0) is 7.84. The highest BCUT2D eigenvalue weighted by molar-refractivity contribution is 14.1. The van der Waals surface area contributed by atoms with Crippen molar-refractivity contribution in [1.29, 1.82) is 0 Å². The molecule has 11 heavy (non-hydrogen) atoms. The number of hydrogen-bond acceptors (Lipinski definition) is 2. The third kappa shape index (κ3) is 1.30. The normalized spacial score (nSPS) is 29.2. The van der Waals surface area contributed by atoms with Crippen LogP contribution >= 0.6 is 34.4 Å². The Bertz CT molecular complexity index is 228. The third-order valence-electron chi connectivity index (χ3n) is 1.90. The Morgan fingerprint density at radius 3 is 3.27 bits per heavy atom. The molecule has 1 atom stereocenters. The fourth-order valence-corrected chi connectivity index (χ4v) is 3.22. The first-order valence-electron chi connectivity index (χ1n) is 3.49. The minimum Gasteiger partial charge on any atom is -0.306 e. The molecule has 0 unspecified atom stereocenters. The van der Waals surface area contributed by atoms with Gasteiger partial charge in [-0.3, -0.25) is 4.79 Å². The van der Waals surface area contributed by atoms with Crippen molar-refractivity contribution in [3.63, 3.8) is 0 Å². The van der Waals surface area contributed by atoms with Crippen LogP contribution in [0.1, 0.15) is 6.42 Å². The Morgan fingerprint density at radius 2 is 2.64 bits per heavy atom. The van der Waals surface area contributed by atoms with Crippen LogP contribution < -0.4 is 0 Å². The first-order valence-corrected chi connectivity index (χ1v) is 6.07. The van der Waals surface area contributed by atoms with E-state index in [1.165, 1.54) is 5.57 Å². The van der Waals surface area contributed by atoms with E-state index in [9.17, 15) is 4.79 Å². The monoisotopic (exact) mass is 281 g/mol. The summed E-state index contributed by atoms with van der Waals surface area (Å²) >= 11 is 4.22. The molecule has 2 aliphatic heterocycles. The highest BCUT2D eigenvalue weighted by atomic mass is 127. The second kappa shape index (κ2) is 2.97. The van der Waals surface area contributed by atoms with Gasteiger partial charge in [-0.25, -0.2) is 0 Å². The van der Waals surface area contributed by atoms with E-state index in [1.54, 1.807) is 0 Å². The third-order valence-corrected chi connectivity index (χ3v) is 4.20. The van der Waals surface area contributed by atoms with Gasteiger partial charge in [-0.2, -0.15) is 0 Å². The van der Waals surface area contributed by atoms with Crippen molar-refractivity contribution in [3.05, 3.63) is 11.8 Å². The SMILES string of the molecule is O=C1C[C@@H]2SCC(CI)=CN12. The highest BCUT2D eigenvalue weighted by Gasteiger charge is 2.37. The van der Waals surface area contributed by atoms with Gasteiger partial charge in [0, 0.05) is 16.4 Å². The molecule has 1 saturated heterocycles. The molecule has 2 aliphatic rings. The average Bonchev–Trinajstić information content (AvgIpc) is 2.03. The minimum absolute atomic E-state index is 0.282. The molecular weight excluding hydrogens is 273 g/mol. The Hall–Kier alpha value is 0.290. The molecule has 1 amide bonds. The summed E-state index contributed by atoms with van der Waals surface area (Å²) in [7, 11) is 0. The number of alkyl halides is 1. The fraction of sp³-hybridized carbons (Fsp3) is 0.571. The van der Waals surface area contributed by atoms with Gasteiger partial charge in [0.05, 0.1) is 11.8 Å². The summed E-state index contributed by atoms with van der Waals surface area (Å²) in [6.07, 6.45) is 2.77. The first-order chi connectivity index (χ1) is 5.31. The number of carbonyl (C=O) groups excluding carboxylic acids is 1. The topological polar surface area (TPSA) is 20.3 Å². The Kier molecular flexibility index (Phi) is 2.14. The van der Waals surface area contributed by atoms with E-state index < -0.39 is 0 Å². The van der Waals surface area contributed by atoms with E-state index in [1.807, 2.05) is 22.9 Å². The predicted octanol–water partition coefficient (Wildman–Crippen LogP) is 1.61. The maximum atomic E-state index is 11.0. The Balaban J connectivity index is 2.13. The van der Waals surface area contributed by atoms with Crippen molar-refractivity contribution in [2.75, 3.05) is 10.2 Å². The van der Waals surface area contributed by atoms with Crippen LogP contribution in [0.3, 0.4) is 0 Å². The molecule has 0 aromatic rings. The molecule has 0 radical (unpaired) electrons. The number of nitrogens with zero attached hydrogens (tertiary/aromatic N) is 1. The number of β-lactam (4-membered cyclic amide) rings is 1. The van der Waals surface area contributed by atoms with Crippen molar-refractivity contribution >= 4 is 40.3 Å². The first kappa shape index (κ1) is 7.91. The van der Waals surface area contributed by atoms with E-state index in [0.29, 0.717) is 5.37 Å². The predicted molar refractivity (Wildman–Crippen MR) is 54.7 cm³/mol. The summed E-state index contributed by atoms with van der Waals surface area (Å²) in [4.78, 5) is 12.9. The van der Waals surface area contributed by atoms with E-state index in [2.05, 4.69) is 22.6 Å². The van der Waals surface area contributed by atoms with Crippen LogP contribution in [0.15, 0.2) is 11.8 Å². The molecule has 4 heteroatoms. The maximum Gasteiger partial charge on any atom is 0.230 e. The molecule has 2 rings (SSSR count). The van der Waals surface area contributed by atoms with Crippen LogP contribution in [0.2, 0.25) is 0 Å². The van der Waals surface area contributed by atoms with Crippen LogP contribution in [0.25, 0.3) is 0 Å². The van der Waals surface area contributed by atoms with Crippen LogP contribution in [0.4, 0.5) is 0 Å². The largest absolute Gasteiger partial charge is 0.306 e. The molecule has 60 valence electrons. The second-order valence-corrected chi connectivity index (χ2v) is 4.62. The van der Waals surface area contributed by atoms with Crippen molar-refractivity contribution in [3.8, 4) is 0 Å². The maximum absolute atomic E-state index is 11.0. The molecule has 0 aliphatic carbocycles. The standard InChI is InChI=1S/C7H8INOS/c8-2-5-3-9-6(10)1-7(9)11-4-5/h3,7H,1-2,4H2/t7-/m0/s1. The average molecular weight is 281 g/mol. The van der Waals surface area contributed by atoms with Crippen molar-refractivity contribution < 1.29 is 4.79 Å². The van der Waals surface area contributed by atoms with E-state index in [-0.39, 0.29) is 5.91 Å². The van der Waals surface area contributed by atoms with E-state index in [4.69, 9.17) is 0 Å². The van der Waals surface area contributed by atoms with Gasteiger partial charge in [-0.05, 0) is 5.57 Å². The van der Waals surface area contributed by atoms with Crippen LogP contribution in [-0.4, -0.2) is 26.4 Å². The summed E-state index contributed by atoms with van der Waals surface area (Å²) in [6, 6.07) is 0. The highest BCUT2D eigenvalue weighted by Crippen LogP contribution is 2.35. The molecule has 0 spiro atoms. The number of fused-ring (bicyclic) bond motifs is 1. The lowest BCUT2D eigenvalue weighted by atomic mass is 10.2. The minimum atomic E-state index is 0.282. The number of carbonyl (C=O) groups is 1. The van der Waals surface area contributed by atoms with E-state index in [0.717, 1.165) is 16.6 Å². The van der Waals surface area contributed by atoms with Crippen molar-refractivity contribution in [1.82, 2.24) is 4.90 Å². The Morgan fingerprint density at radius 1 is 1.82 bits per heavy atom. The van der Waals surface area contributed by atoms with Crippen LogP contribution in [0.5, 0.6) is 0 Å². The lowest BCUT2D eigenvalue weighted by Crippen LogP contribution is -2.49. The second-order valence-electron chi connectivity index (χ2n) is 2.69. The lowest BCUT2D eigenvalue weighted by Gasteiger charge is -2.40. The lowest BCUT2D eigenvalue weighted by molar-refractivity contribution is -0.137. The quantitative estimate of drug-likeness (QED) is 0.413. The molecule has 2 nitrogen and oxygen atoms in total. The molecule has 0 bridgehead atoms. The van der Waals surface area contributed by atoms with Crippen molar-refractivity contribution in [2.45, 2.75) is 11.8 Å². The van der Waals surface area contributed by atoms with Gasteiger partial charge >= 0.3 is 0 Å². The smallest absolute Gasteiger partial charge is 0.230 e. The summed E-state index contributed by atoms with van der Waals surface area (Å²) in [5, 5.41) is 0.467. The van der Waals surface area contributed by atoms with Crippen LogP contribution in [0, 0.1) is 0 Å². The molecule has 0 N–H and O–H groups in total. The van der Waals surface area contributed by atoms with Crippen molar-refractivity contribution in [2.24, 2.45) is 0 Å². The van der Waals surface area contributed by atoms with Gasteiger partial charge in [-0.15, -0.1) is 11.8 Å². The molecule has 0 aromatic heterocycles. The number of hydrogen-bond donors (Lipinski definition) is 0.